The van der Waals surface area contributed by atoms with Crippen LogP contribution in [0, 0.1) is 27.7 Å². The van der Waals surface area contributed by atoms with Gasteiger partial charge in [0.15, 0.2) is 0 Å². The van der Waals surface area contributed by atoms with Gasteiger partial charge in [-0.1, -0.05) is 38.5 Å². The molecular formula is C34H56N10O5. The van der Waals surface area contributed by atoms with Crippen LogP contribution in [0.3, 0.4) is 0 Å². The fraction of sp³-hybridized carbons (Fsp3) is 0.676. The first-order chi connectivity index (χ1) is 23.5. The molecule has 0 aromatic carbocycles. The van der Waals surface area contributed by atoms with Gasteiger partial charge >= 0.3 is 29.1 Å². The molecule has 0 spiro atoms. The maximum absolute atomic E-state index is 13.4. The molecule has 0 atom stereocenters. The predicted octanol–water partition coefficient (Wildman–Crippen LogP) is 3.21. The zero-order chi connectivity index (χ0) is 35.8. The Morgan fingerprint density at radius 2 is 0.857 bits per heavy atom. The van der Waals surface area contributed by atoms with Gasteiger partial charge in [0.05, 0.1) is 11.4 Å². The lowest BCUT2D eigenvalue weighted by molar-refractivity contribution is 0.238. The van der Waals surface area contributed by atoms with E-state index in [0.29, 0.717) is 32.4 Å². The second-order valence-corrected chi connectivity index (χ2v) is 12.8. The highest BCUT2D eigenvalue weighted by Crippen LogP contribution is 2.05. The fourth-order valence-corrected chi connectivity index (χ4v) is 5.89. The van der Waals surface area contributed by atoms with Crippen LogP contribution in [0.25, 0.3) is 0 Å². The number of aryl methyl sites for hydroxylation is 4. The largest absolute Gasteiger partial charge is 0.342 e. The molecule has 3 rings (SSSR count). The van der Waals surface area contributed by atoms with Crippen LogP contribution in [-0.4, -0.2) is 72.0 Å². The Morgan fingerprint density at radius 1 is 0.531 bits per heavy atom. The number of carbonyl (C=O) groups excluding carboxylic acids is 2. The number of aromatic nitrogens is 7. The van der Waals surface area contributed by atoms with Gasteiger partial charge in [0.1, 0.15) is 0 Å². The van der Waals surface area contributed by atoms with Crippen molar-refractivity contribution in [3.8, 4) is 0 Å². The number of unbranched alkanes of at least 4 members (excludes halogenated alkanes) is 9. The minimum Gasteiger partial charge on any atom is -0.336 e. The average molecular weight is 685 g/mol. The maximum Gasteiger partial charge on any atom is 0.342 e. The molecular weight excluding hydrogens is 628 g/mol. The van der Waals surface area contributed by atoms with Crippen molar-refractivity contribution in [2.75, 3.05) is 26.7 Å². The van der Waals surface area contributed by atoms with Crippen LogP contribution in [0.15, 0.2) is 26.5 Å². The summed E-state index contributed by atoms with van der Waals surface area (Å²) < 4.78 is 6.36. The van der Waals surface area contributed by atoms with Crippen LogP contribution in [0.4, 0.5) is 9.59 Å². The zero-order valence-electron chi connectivity index (χ0n) is 30.1. The van der Waals surface area contributed by atoms with Crippen LogP contribution in [0.5, 0.6) is 0 Å². The molecule has 3 aromatic heterocycles. The molecule has 3 aromatic rings. The van der Waals surface area contributed by atoms with E-state index in [2.05, 4.69) is 26.1 Å². The average Bonchev–Trinajstić information content (AvgIpc) is 3.59. The second-order valence-electron chi connectivity index (χ2n) is 12.8. The molecule has 0 saturated heterocycles. The van der Waals surface area contributed by atoms with Crippen LogP contribution >= 0.6 is 0 Å². The van der Waals surface area contributed by atoms with Crippen LogP contribution < -0.4 is 33.0 Å². The Bertz CT molecular complexity index is 1570. The highest BCUT2D eigenvalue weighted by molar-refractivity contribution is 5.76. The SMILES string of the molecule is CNCCCCCCn1c(=O)n(CCCCCCNC(=O)n2nc(C)cc2C)c(=O)n(CCCCCCNC(=O)n2nc(C)cc2C)c1=O. The molecule has 0 aliphatic rings. The number of amides is 2. The molecule has 272 valence electrons. The third-order valence-electron chi connectivity index (χ3n) is 8.52. The Morgan fingerprint density at radius 3 is 1.16 bits per heavy atom. The molecule has 15 heteroatoms. The zero-order valence-corrected chi connectivity index (χ0v) is 30.1. The summed E-state index contributed by atoms with van der Waals surface area (Å²) in [6, 6.07) is 3.17. The van der Waals surface area contributed by atoms with E-state index in [-0.39, 0.29) is 31.7 Å². The number of hydrogen-bond donors (Lipinski definition) is 3. The minimum absolute atomic E-state index is 0.229. The highest BCUT2D eigenvalue weighted by Gasteiger charge is 2.16. The van der Waals surface area contributed by atoms with Gasteiger partial charge in [0.25, 0.3) is 0 Å². The third-order valence-corrected chi connectivity index (χ3v) is 8.52. The van der Waals surface area contributed by atoms with Gasteiger partial charge in [-0.05, 0) is 91.9 Å². The van der Waals surface area contributed by atoms with Crippen LogP contribution in [0.1, 0.15) is 99.8 Å². The molecule has 15 nitrogen and oxygen atoms in total. The fourth-order valence-electron chi connectivity index (χ4n) is 5.89. The highest BCUT2D eigenvalue weighted by atomic mass is 16.2. The van der Waals surface area contributed by atoms with Gasteiger partial charge in [-0.25, -0.2) is 37.7 Å². The lowest BCUT2D eigenvalue weighted by Crippen LogP contribution is -2.54. The molecule has 2 amide bonds. The van der Waals surface area contributed by atoms with E-state index >= 15 is 0 Å². The molecule has 49 heavy (non-hydrogen) atoms. The van der Waals surface area contributed by atoms with Crippen molar-refractivity contribution in [1.29, 1.82) is 0 Å². The van der Waals surface area contributed by atoms with E-state index < -0.39 is 17.1 Å². The van der Waals surface area contributed by atoms with Crippen molar-refractivity contribution in [3.63, 3.8) is 0 Å². The topological polar surface area (TPSA) is 172 Å². The van der Waals surface area contributed by atoms with Gasteiger partial charge in [-0.3, -0.25) is 0 Å². The lowest BCUT2D eigenvalue weighted by atomic mass is 10.2. The summed E-state index contributed by atoms with van der Waals surface area (Å²) in [6.07, 6.45) is 9.46. The standard InChI is InChI=1S/C34H56N10O5/c1-26-24-28(3)43(38-26)30(45)36-19-13-7-10-16-22-41-32(47)40(21-15-9-6-12-18-35-5)33(48)42(34(41)49)23-17-11-8-14-20-37-31(46)44-29(4)25-27(2)39-44/h24-25,35H,6-23H2,1-5H3,(H,36,45)(H,37,46). The molecule has 0 saturated carbocycles. The molecule has 3 heterocycles. The number of hydrogen-bond acceptors (Lipinski definition) is 8. The third kappa shape index (κ3) is 12.0. The summed E-state index contributed by atoms with van der Waals surface area (Å²) in [4.78, 5) is 64.9. The Kier molecular flexibility index (Phi) is 16.2. The molecule has 0 aliphatic heterocycles. The summed E-state index contributed by atoms with van der Waals surface area (Å²) >= 11 is 0. The van der Waals surface area contributed by atoms with Gasteiger partial charge in [0, 0.05) is 44.1 Å². The van der Waals surface area contributed by atoms with Crippen molar-refractivity contribution in [3.05, 3.63) is 66.4 Å². The Hall–Kier alpha value is -4.27. The first kappa shape index (κ1) is 39.2. The molecule has 0 bridgehead atoms. The molecule has 0 aliphatic carbocycles. The van der Waals surface area contributed by atoms with Crippen LogP contribution in [0.2, 0.25) is 0 Å². The van der Waals surface area contributed by atoms with Crippen LogP contribution in [-0.2, 0) is 19.6 Å². The smallest absolute Gasteiger partial charge is 0.336 e. The first-order valence-electron chi connectivity index (χ1n) is 17.8. The number of carbonyl (C=O) groups is 2. The van der Waals surface area contributed by atoms with Gasteiger partial charge in [-0.15, -0.1) is 0 Å². The molecule has 0 unspecified atom stereocenters. The van der Waals surface area contributed by atoms with Crippen molar-refractivity contribution in [1.82, 2.24) is 49.2 Å². The number of nitrogens with one attached hydrogen (secondary N) is 3. The van der Waals surface area contributed by atoms with Crippen molar-refractivity contribution in [2.24, 2.45) is 0 Å². The molecule has 0 fully saturated rings. The quantitative estimate of drug-likeness (QED) is 0.144. The summed E-state index contributed by atoms with van der Waals surface area (Å²) in [6.45, 7) is 10.0. The maximum atomic E-state index is 13.4. The van der Waals surface area contributed by atoms with E-state index in [9.17, 15) is 24.0 Å². The first-order valence-corrected chi connectivity index (χ1v) is 17.8. The Labute approximate surface area is 288 Å². The van der Waals surface area contributed by atoms with E-state index in [1.807, 2.05) is 46.9 Å². The van der Waals surface area contributed by atoms with E-state index in [1.54, 1.807) is 0 Å². The molecule has 0 radical (unpaired) electrons. The van der Waals surface area contributed by atoms with Gasteiger partial charge < -0.3 is 16.0 Å². The van der Waals surface area contributed by atoms with E-state index in [0.717, 1.165) is 87.1 Å². The monoisotopic (exact) mass is 684 g/mol. The van der Waals surface area contributed by atoms with Gasteiger partial charge in [-0.2, -0.15) is 19.6 Å². The summed E-state index contributed by atoms with van der Waals surface area (Å²) in [7, 11) is 1.91. The number of nitrogens with zero attached hydrogens (tertiary/aromatic N) is 7. The van der Waals surface area contributed by atoms with Crippen molar-refractivity contribution >= 4 is 12.1 Å². The van der Waals surface area contributed by atoms with Gasteiger partial charge in [0.2, 0.25) is 0 Å². The number of rotatable bonds is 21. The van der Waals surface area contributed by atoms with E-state index in [4.69, 9.17) is 0 Å². The van der Waals surface area contributed by atoms with E-state index in [1.165, 1.54) is 23.1 Å². The minimum atomic E-state index is -0.561. The normalized spacial score (nSPS) is 11.3. The van der Waals surface area contributed by atoms with Crippen molar-refractivity contribution < 1.29 is 9.59 Å². The van der Waals surface area contributed by atoms with Crippen molar-refractivity contribution in [2.45, 2.75) is 124 Å². The lowest BCUT2D eigenvalue weighted by Gasteiger charge is -2.14. The summed E-state index contributed by atoms with van der Waals surface area (Å²) in [5, 5.41) is 17.3. The second kappa shape index (κ2) is 20.3. The summed E-state index contributed by atoms with van der Waals surface area (Å²) in [5.74, 6) is 0. The molecule has 3 N–H and O–H groups in total. The Balaban J connectivity index is 1.52. The predicted molar refractivity (Wildman–Crippen MR) is 190 cm³/mol. The summed E-state index contributed by atoms with van der Waals surface area (Å²) in [5.41, 5.74) is 1.47.